The third kappa shape index (κ3) is 1.69. The van der Waals surface area contributed by atoms with Gasteiger partial charge in [0.25, 0.3) is 0 Å². The van der Waals surface area contributed by atoms with Gasteiger partial charge in [0.1, 0.15) is 17.4 Å². The Bertz CT molecular complexity index is 449. The normalized spacial score (nSPS) is 17.5. The van der Waals surface area contributed by atoms with Crippen LogP contribution in [0.5, 0.6) is 5.75 Å². The highest BCUT2D eigenvalue weighted by molar-refractivity contribution is 5.93. The first kappa shape index (κ1) is 10.7. The molecule has 0 fully saturated rings. The first-order valence-electron chi connectivity index (χ1n) is 5.16. The van der Waals surface area contributed by atoms with Crippen LogP contribution in [0.15, 0.2) is 24.8 Å². The third-order valence-electron chi connectivity index (χ3n) is 2.67. The maximum absolute atomic E-state index is 11.6. The van der Waals surface area contributed by atoms with E-state index in [1.54, 1.807) is 12.1 Å². The molecule has 3 heteroatoms. The van der Waals surface area contributed by atoms with Crippen molar-refractivity contribution < 1.29 is 14.3 Å². The maximum Gasteiger partial charge on any atom is 0.341 e. The number of hydrogen-bond donors (Lipinski definition) is 0. The zero-order valence-corrected chi connectivity index (χ0v) is 9.45. The van der Waals surface area contributed by atoms with Gasteiger partial charge in [-0.1, -0.05) is 18.7 Å². The summed E-state index contributed by atoms with van der Waals surface area (Å²) < 4.78 is 10.4. The summed E-state index contributed by atoms with van der Waals surface area (Å²) in [5, 5.41) is 0. The van der Waals surface area contributed by atoms with Crippen LogP contribution in [0, 0.1) is 6.92 Å². The highest BCUT2D eigenvalue weighted by Crippen LogP contribution is 2.34. The Kier molecular flexibility index (Phi) is 2.69. The Morgan fingerprint density at radius 3 is 3.00 bits per heavy atom. The van der Waals surface area contributed by atoms with E-state index in [-0.39, 0.29) is 12.1 Å². The van der Waals surface area contributed by atoms with Gasteiger partial charge in [-0.3, -0.25) is 0 Å². The molecule has 0 amide bonds. The Morgan fingerprint density at radius 2 is 2.38 bits per heavy atom. The Morgan fingerprint density at radius 1 is 1.62 bits per heavy atom. The maximum atomic E-state index is 11.6. The van der Waals surface area contributed by atoms with Gasteiger partial charge in [0.15, 0.2) is 0 Å². The molecule has 2 rings (SSSR count). The highest BCUT2D eigenvalue weighted by Gasteiger charge is 2.26. The molecule has 0 N–H and O–H groups in total. The number of aryl methyl sites for hydroxylation is 1. The lowest BCUT2D eigenvalue weighted by molar-refractivity contribution is 0.0596. The van der Waals surface area contributed by atoms with E-state index in [1.165, 1.54) is 7.11 Å². The average Bonchev–Trinajstić information content (AvgIpc) is 2.69. The Balaban J connectivity index is 2.48. The summed E-state index contributed by atoms with van der Waals surface area (Å²) in [4.78, 5) is 11.6. The molecular formula is C13H14O3. The van der Waals surface area contributed by atoms with Crippen LogP contribution in [0.2, 0.25) is 0 Å². The predicted octanol–water partition coefficient (Wildman–Crippen LogP) is 2.27. The molecule has 0 aliphatic carbocycles. The SMILES string of the molecule is C=CC1Cc2cc(C)cc(C(=O)OC)c2O1. The molecular weight excluding hydrogens is 204 g/mol. The molecule has 1 aromatic rings. The summed E-state index contributed by atoms with van der Waals surface area (Å²) in [5.41, 5.74) is 2.58. The number of carbonyl (C=O) groups is 1. The second-order valence-electron chi connectivity index (χ2n) is 3.89. The summed E-state index contributed by atoms with van der Waals surface area (Å²) in [7, 11) is 1.37. The second-order valence-corrected chi connectivity index (χ2v) is 3.89. The molecule has 3 nitrogen and oxygen atoms in total. The van der Waals surface area contributed by atoms with Crippen molar-refractivity contribution in [2.24, 2.45) is 0 Å². The molecule has 0 radical (unpaired) electrons. The van der Waals surface area contributed by atoms with Crippen molar-refractivity contribution in [2.45, 2.75) is 19.4 Å². The van der Waals surface area contributed by atoms with E-state index in [0.29, 0.717) is 11.3 Å². The predicted molar refractivity (Wildman–Crippen MR) is 60.8 cm³/mol. The van der Waals surface area contributed by atoms with E-state index < -0.39 is 0 Å². The molecule has 1 heterocycles. The van der Waals surface area contributed by atoms with Crippen LogP contribution in [0.25, 0.3) is 0 Å². The molecule has 1 aliphatic rings. The molecule has 0 aromatic heterocycles. The quantitative estimate of drug-likeness (QED) is 0.564. The lowest BCUT2D eigenvalue weighted by atomic mass is 10.0. The van der Waals surface area contributed by atoms with Crippen molar-refractivity contribution in [3.8, 4) is 5.75 Å². The molecule has 1 aliphatic heterocycles. The van der Waals surface area contributed by atoms with Gasteiger partial charge in [-0.05, 0) is 24.1 Å². The van der Waals surface area contributed by atoms with Gasteiger partial charge in [0.05, 0.1) is 7.11 Å². The molecule has 84 valence electrons. The molecule has 16 heavy (non-hydrogen) atoms. The average molecular weight is 218 g/mol. The molecule has 1 aromatic carbocycles. The summed E-state index contributed by atoms with van der Waals surface area (Å²) >= 11 is 0. The molecule has 0 saturated heterocycles. The van der Waals surface area contributed by atoms with Gasteiger partial charge in [-0.15, -0.1) is 0 Å². The van der Waals surface area contributed by atoms with Gasteiger partial charge in [0.2, 0.25) is 0 Å². The molecule has 0 saturated carbocycles. The van der Waals surface area contributed by atoms with Crippen molar-refractivity contribution in [2.75, 3.05) is 7.11 Å². The lowest BCUT2D eigenvalue weighted by Crippen LogP contribution is -2.09. The van der Waals surface area contributed by atoms with Crippen LogP contribution in [-0.4, -0.2) is 19.2 Å². The fourth-order valence-corrected chi connectivity index (χ4v) is 1.94. The highest BCUT2D eigenvalue weighted by atomic mass is 16.5. The summed E-state index contributed by atoms with van der Waals surface area (Å²) in [5.74, 6) is 0.284. The van der Waals surface area contributed by atoms with Gasteiger partial charge < -0.3 is 9.47 Å². The van der Waals surface area contributed by atoms with E-state index in [2.05, 4.69) is 6.58 Å². The number of hydrogen-bond acceptors (Lipinski definition) is 3. The number of methoxy groups -OCH3 is 1. The lowest BCUT2D eigenvalue weighted by Gasteiger charge is -2.08. The third-order valence-corrected chi connectivity index (χ3v) is 2.67. The van der Waals surface area contributed by atoms with E-state index in [4.69, 9.17) is 9.47 Å². The molecule has 1 atom stereocenters. The van der Waals surface area contributed by atoms with Crippen molar-refractivity contribution in [3.63, 3.8) is 0 Å². The largest absolute Gasteiger partial charge is 0.485 e. The smallest absolute Gasteiger partial charge is 0.341 e. The van der Waals surface area contributed by atoms with Crippen LogP contribution in [0.3, 0.4) is 0 Å². The van der Waals surface area contributed by atoms with Gasteiger partial charge in [0, 0.05) is 6.42 Å². The van der Waals surface area contributed by atoms with Crippen LogP contribution in [0.1, 0.15) is 21.5 Å². The van der Waals surface area contributed by atoms with E-state index >= 15 is 0 Å². The van der Waals surface area contributed by atoms with Gasteiger partial charge in [-0.2, -0.15) is 0 Å². The van der Waals surface area contributed by atoms with Crippen molar-refractivity contribution in [3.05, 3.63) is 41.5 Å². The monoisotopic (exact) mass is 218 g/mol. The molecule has 0 spiro atoms. The van der Waals surface area contributed by atoms with Crippen LogP contribution >= 0.6 is 0 Å². The van der Waals surface area contributed by atoms with Crippen LogP contribution in [-0.2, 0) is 11.2 Å². The number of carbonyl (C=O) groups excluding carboxylic acids is 1. The summed E-state index contributed by atoms with van der Waals surface area (Å²) in [6.07, 6.45) is 2.47. The van der Waals surface area contributed by atoms with Gasteiger partial charge in [-0.25, -0.2) is 4.79 Å². The number of esters is 1. The minimum Gasteiger partial charge on any atom is -0.485 e. The number of fused-ring (bicyclic) bond motifs is 1. The summed E-state index contributed by atoms with van der Waals surface area (Å²) in [6.45, 7) is 5.65. The van der Waals surface area contributed by atoms with Crippen LogP contribution < -0.4 is 4.74 Å². The number of ether oxygens (including phenoxy) is 2. The van der Waals surface area contributed by atoms with Crippen molar-refractivity contribution in [1.29, 1.82) is 0 Å². The van der Waals surface area contributed by atoms with E-state index in [0.717, 1.165) is 17.5 Å². The zero-order chi connectivity index (χ0) is 11.7. The van der Waals surface area contributed by atoms with E-state index in [9.17, 15) is 4.79 Å². The topological polar surface area (TPSA) is 35.5 Å². The second kappa shape index (κ2) is 4.00. The number of rotatable bonds is 2. The fourth-order valence-electron chi connectivity index (χ4n) is 1.94. The van der Waals surface area contributed by atoms with Crippen LogP contribution in [0.4, 0.5) is 0 Å². The van der Waals surface area contributed by atoms with Crippen molar-refractivity contribution >= 4 is 5.97 Å². The van der Waals surface area contributed by atoms with Gasteiger partial charge >= 0.3 is 5.97 Å². The first-order chi connectivity index (χ1) is 7.65. The standard InChI is InChI=1S/C13H14O3/c1-4-10-7-9-5-8(2)6-11(12(9)16-10)13(14)15-3/h4-6,10H,1,7H2,2-3H3. The van der Waals surface area contributed by atoms with Crippen molar-refractivity contribution in [1.82, 2.24) is 0 Å². The summed E-state index contributed by atoms with van der Waals surface area (Å²) in [6, 6.07) is 3.82. The minimum absolute atomic E-state index is 0.0415. The van der Waals surface area contributed by atoms with E-state index in [1.807, 2.05) is 13.0 Å². The zero-order valence-electron chi connectivity index (χ0n) is 9.45. The minimum atomic E-state index is -0.357. The first-order valence-corrected chi connectivity index (χ1v) is 5.16. The Labute approximate surface area is 94.7 Å². The molecule has 0 bridgehead atoms. The molecule has 1 unspecified atom stereocenters. The Hall–Kier alpha value is -1.77. The fraction of sp³-hybridized carbons (Fsp3) is 0.308. The number of benzene rings is 1.